The van der Waals surface area contributed by atoms with Crippen LogP contribution in [-0.2, 0) is 4.79 Å². The summed E-state index contributed by atoms with van der Waals surface area (Å²) in [5.74, 6) is -1.02. The zero-order valence-corrected chi connectivity index (χ0v) is 10.4. The summed E-state index contributed by atoms with van der Waals surface area (Å²) in [7, 11) is 0. The van der Waals surface area contributed by atoms with E-state index in [-0.39, 0.29) is 17.7 Å². The summed E-state index contributed by atoms with van der Waals surface area (Å²) in [6.07, 6.45) is 0.549. The summed E-state index contributed by atoms with van der Waals surface area (Å²) in [4.78, 5) is 25.5. The minimum absolute atomic E-state index is 0.0187. The molecule has 1 aromatic rings. The van der Waals surface area contributed by atoms with Crippen LogP contribution in [0.5, 0.6) is 0 Å². The Bertz CT molecular complexity index is 415. The zero-order chi connectivity index (χ0) is 12.4. The number of piperidine rings is 1. The molecule has 0 aliphatic carbocycles. The number of aliphatic carboxylic acids is 1. The van der Waals surface area contributed by atoms with Crippen LogP contribution < -0.4 is 0 Å². The van der Waals surface area contributed by atoms with Crippen molar-refractivity contribution < 1.29 is 14.7 Å². The lowest BCUT2D eigenvalue weighted by Crippen LogP contribution is -2.44. The van der Waals surface area contributed by atoms with Gasteiger partial charge in [0, 0.05) is 13.1 Å². The van der Waals surface area contributed by atoms with Gasteiger partial charge >= 0.3 is 5.97 Å². The number of rotatable bonds is 2. The molecule has 0 radical (unpaired) electrons. The second-order valence-electron chi connectivity index (χ2n) is 4.44. The molecular formula is C12H15NO3S. The van der Waals surface area contributed by atoms with Crippen LogP contribution in [0.3, 0.4) is 0 Å². The topological polar surface area (TPSA) is 57.6 Å². The van der Waals surface area contributed by atoms with Crippen LogP contribution in [0.1, 0.15) is 23.0 Å². The Morgan fingerprint density at radius 3 is 2.82 bits per heavy atom. The highest BCUT2D eigenvalue weighted by Gasteiger charge is 2.33. The fourth-order valence-electron chi connectivity index (χ4n) is 2.25. The number of amides is 1. The first-order chi connectivity index (χ1) is 8.09. The Kier molecular flexibility index (Phi) is 3.47. The van der Waals surface area contributed by atoms with Crippen molar-refractivity contribution in [2.24, 2.45) is 11.8 Å². The predicted molar refractivity (Wildman–Crippen MR) is 65.1 cm³/mol. The lowest BCUT2D eigenvalue weighted by Gasteiger charge is -2.34. The van der Waals surface area contributed by atoms with Crippen molar-refractivity contribution in [1.82, 2.24) is 4.90 Å². The van der Waals surface area contributed by atoms with Gasteiger partial charge in [0.15, 0.2) is 0 Å². The van der Waals surface area contributed by atoms with E-state index in [4.69, 9.17) is 5.11 Å². The lowest BCUT2D eigenvalue weighted by molar-refractivity contribution is -0.145. The molecule has 1 fully saturated rings. The number of carbonyl (C=O) groups excluding carboxylic acids is 1. The number of hydrogen-bond acceptors (Lipinski definition) is 3. The molecule has 0 spiro atoms. The highest BCUT2D eigenvalue weighted by Crippen LogP contribution is 2.25. The van der Waals surface area contributed by atoms with Gasteiger partial charge in [0.1, 0.15) is 0 Å². The van der Waals surface area contributed by atoms with Gasteiger partial charge in [0.05, 0.1) is 10.8 Å². The van der Waals surface area contributed by atoms with Crippen LogP contribution in [-0.4, -0.2) is 35.0 Å². The van der Waals surface area contributed by atoms with Gasteiger partial charge in [0.2, 0.25) is 0 Å². The molecular weight excluding hydrogens is 238 g/mol. The van der Waals surface area contributed by atoms with E-state index in [0.717, 1.165) is 4.88 Å². The maximum Gasteiger partial charge on any atom is 0.306 e. The fraction of sp³-hybridized carbons (Fsp3) is 0.500. The maximum atomic E-state index is 12.1. The molecule has 2 rings (SSSR count). The molecule has 4 nitrogen and oxygen atoms in total. The molecule has 1 aromatic heterocycles. The summed E-state index contributed by atoms with van der Waals surface area (Å²) >= 11 is 1.43. The van der Waals surface area contributed by atoms with Gasteiger partial charge in [0.25, 0.3) is 5.91 Å². The molecule has 1 aliphatic rings. The highest BCUT2D eigenvalue weighted by atomic mass is 32.1. The van der Waals surface area contributed by atoms with Gasteiger partial charge in [-0.15, -0.1) is 11.3 Å². The zero-order valence-electron chi connectivity index (χ0n) is 9.63. The number of carboxylic acids is 1. The van der Waals surface area contributed by atoms with Gasteiger partial charge < -0.3 is 10.0 Å². The van der Waals surface area contributed by atoms with Crippen LogP contribution in [0.2, 0.25) is 0 Å². The van der Waals surface area contributed by atoms with E-state index >= 15 is 0 Å². The molecule has 1 aliphatic heterocycles. The van der Waals surface area contributed by atoms with Gasteiger partial charge in [-0.2, -0.15) is 0 Å². The highest BCUT2D eigenvalue weighted by molar-refractivity contribution is 7.12. The largest absolute Gasteiger partial charge is 0.481 e. The summed E-state index contributed by atoms with van der Waals surface area (Å²) in [6, 6.07) is 3.66. The van der Waals surface area contributed by atoms with Gasteiger partial charge in [-0.3, -0.25) is 9.59 Å². The van der Waals surface area contributed by atoms with Crippen molar-refractivity contribution in [3.63, 3.8) is 0 Å². The maximum absolute atomic E-state index is 12.1. The molecule has 0 bridgehead atoms. The van der Waals surface area contributed by atoms with Crippen LogP contribution in [0.4, 0.5) is 0 Å². The van der Waals surface area contributed by atoms with Crippen molar-refractivity contribution in [2.75, 3.05) is 13.1 Å². The predicted octanol–water partition coefficient (Wildman–Crippen LogP) is 1.93. The lowest BCUT2D eigenvalue weighted by atomic mass is 9.87. The molecule has 2 unspecified atom stereocenters. The van der Waals surface area contributed by atoms with Crippen LogP contribution in [0.15, 0.2) is 17.5 Å². The Labute approximate surface area is 104 Å². The number of nitrogens with zero attached hydrogens (tertiary/aromatic N) is 1. The second-order valence-corrected chi connectivity index (χ2v) is 5.39. The number of thiophene rings is 1. The number of likely N-dealkylation sites (tertiary alicyclic amines) is 1. The molecule has 2 heterocycles. The Balaban J connectivity index is 2.02. The summed E-state index contributed by atoms with van der Waals surface area (Å²) in [5, 5.41) is 10.9. The number of hydrogen-bond donors (Lipinski definition) is 1. The summed E-state index contributed by atoms with van der Waals surface area (Å²) in [5.41, 5.74) is 0. The monoisotopic (exact) mass is 253 g/mol. The third-order valence-electron chi connectivity index (χ3n) is 3.24. The Morgan fingerprint density at radius 1 is 1.53 bits per heavy atom. The summed E-state index contributed by atoms with van der Waals surface area (Å²) in [6.45, 7) is 2.97. The molecule has 92 valence electrons. The summed E-state index contributed by atoms with van der Waals surface area (Å²) < 4.78 is 0. The van der Waals surface area contributed by atoms with Crippen LogP contribution in [0, 0.1) is 11.8 Å². The molecule has 17 heavy (non-hydrogen) atoms. The number of carbonyl (C=O) groups is 2. The molecule has 0 aromatic carbocycles. The van der Waals surface area contributed by atoms with Crippen LogP contribution in [0.25, 0.3) is 0 Å². The van der Waals surface area contributed by atoms with Gasteiger partial charge in [-0.25, -0.2) is 0 Å². The standard InChI is InChI=1S/C12H15NO3S/c1-8-7-13(5-4-9(8)12(15)16)11(14)10-3-2-6-17-10/h2-3,6,8-9H,4-5,7H2,1H3,(H,15,16). The second kappa shape index (κ2) is 4.87. The quantitative estimate of drug-likeness (QED) is 0.876. The minimum atomic E-state index is -0.749. The average Bonchev–Trinajstić information content (AvgIpc) is 2.80. The van der Waals surface area contributed by atoms with Crippen molar-refractivity contribution in [1.29, 1.82) is 0 Å². The SMILES string of the molecule is CC1CN(C(=O)c2cccs2)CCC1C(=O)O. The molecule has 1 amide bonds. The molecule has 0 saturated carbocycles. The van der Waals surface area contributed by atoms with Crippen molar-refractivity contribution in [2.45, 2.75) is 13.3 Å². The van der Waals surface area contributed by atoms with Crippen LogP contribution >= 0.6 is 11.3 Å². The van der Waals surface area contributed by atoms with Crippen molar-refractivity contribution in [3.8, 4) is 0 Å². The smallest absolute Gasteiger partial charge is 0.306 e. The molecule has 2 atom stereocenters. The van der Waals surface area contributed by atoms with Crippen molar-refractivity contribution >= 4 is 23.2 Å². The third kappa shape index (κ3) is 2.49. The molecule has 1 N–H and O–H groups in total. The van der Waals surface area contributed by atoms with E-state index in [0.29, 0.717) is 19.5 Å². The Morgan fingerprint density at radius 2 is 2.29 bits per heavy atom. The first-order valence-electron chi connectivity index (χ1n) is 5.65. The molecule has 5 heteroatoms. The van der Waals surface area contributed by atoms with Gasteiger partial charge in [-0.05, 0) is 23.8 Å². The third-order valence-corrected chi connectivity index (χ3v) is 4.10. The van der Waals surface area contributed by atoms with E-state index in [1.807, 2.05) is 18.4 Å². The van der Waals surface area contributed by atoms with E-state index in [1.165, 1.54) is 11.3 Å². The first-order valence-corrected chi connectivity index (χ1v) is 6.53. The number of carboxylic acid groups (broad SMARTS) is 1. The van der Waals surface area contributed by atoms with E-state index in [1.54, 1.807) is 11.0 Å². The Hall–Kier alpha value is -1.36. The van der Waals surface area contributed by atoms with Crippen molar-refractivity contribution in [3.05, 3.63) is 22.4 Å². The minimum Gasteiger partial charge on any atom is -0.481 e. The van der Waals surface area contributed by atoms with Gasteiger partial charge in [-0.1, -0.05) is 13.0 Å². The fourth-order valence-corrected chi connectivity index (χ4v) is 2.94. The van der Waals surface area contributed by atoms with E-state index in [2.05, 4.69) is 0 Å². The average molecular weight is 253 g/mol. The van der Waals surface area contributed by atoms with E-state index < -0.39 is 5.97 Å². The van der Waals surface area contributed by atoms with E-state index in [9.17, 15) is 9.59 Å². The normalized spacial score (nSPS) is 24.6. The molecule has 1 saturated heterocycles. The first kappa shape index (κ1) is 12.1.